The van der Waals surface area contributed by atoms with Crippen molar-refractivity contribution in [2.75, 3.05) is 0 Å². The van der Waals surface area contributed by atoms with Gasteiger partial charge in [0.15, 0.2) is 5.78 Å². The molecule has 1 unspecified atom stereocenters. The normalized spacial score (nSPS) is 25.1. The van der Waals surface area contributed by atoms with Crippen LogP contribution in [-0.4, -0.2) is 16.6 Å². The van der Waals surface area contributed by atoms with Gasteiger partial charge < -0.3 is 5.11 Å². The highest BCUT2D eigenvalue weighted by molar-refractivity contribution is 6.02. The summed E-state index contributed by atoms with van der Waals surface area (Å²) in [5, 5.41) is 19.0. The molecule has 4 heteroatoms. The Labute approximate surface area is 123 Å². The van der Waals surface area contributed by atoms with Crippen LogP contribution in [0.3, 0.4) is 0 Å². The van der Waals surface area contributed by atoms with Crippen LogP contribution < -0.4 is 0 Å². The molecular weight excluding hydrogens is 264 g/mol. The van der Waals surface area contributed by atoms with Crippen LogP contribution in [0, 0.1) is 17.2 Å². The van der Waals surface area contributed by atoms with Gasteiger partial charge in [0, 0.05) is 29.3 Å². The van der Waals surface area contributed by atoms with Gasteiger partial charge in [0.1, 0.15) is 5.75 Å². The van der Waals surface area contributed by atoms with Crippen molar-refractivity contribution in [3.63, 3.8) is 0 Å². The molecule has 0 spiro atoms. The maximum atomic E-state index is 12.4. The fourth-order valence-corrected chi connectivity index (χ4v) is 3.21. The van der Waals surface area contributed by atoms with E-state index in [2.05, 4.69) is 11.1 Å². The molecule has 2 aliphatic rings. The van der Waals surface area contributed by atoms with Crippen LogP contribution in [0.4, 0.5) is 0 Å². The van der Waals surface area contributed by atoms with Crippen LogP contribution in [0.1, 0.15) is 37.7 Å². The van der Waals surface area contributed by atoms with E-state index >= 15 is 0 Å². The molecule has 21 heavy (non-hydrogen) atoms. The maximum absolute atomic E-state index is 12.4. The second-order valence-electron chi connectivity index (χ2n) is 5.57. The summed E-state index contributed by atoms with van der Waals surface area (Å²) >= 11 is 0. The zero-order chi connectivity index (χ0) is 15.0. The zero-order valence-corrected chi connectivity index (χ0v) is 11.8. The first-order valence-electron chi connectivity index (χ1n) is 7.12. The highest BCUT2D eigenvalue weighted by Gasteiger charge is 2.38. The molecule has 1 aliphatic heterocycles. The number of ketones is 1. The quantitative estimate of drug-likeness (QED) is 0.859. The number of nitriles is 1. The minimum Gasteiger partial charge on any atom is -0.508 e. The summed E-state index contributed by atoms with van der Waals surface area (Å²) in [6.07, 6.45) is 2.15. The van der Waals surface area contributed by atoms with E-state index in [9.17, 15) is 15.2 Å². The number of benzene rings is 1. The van der Waals surface area contributed by atoms with Gasteiger partial charge in [-0.05, 0) is 37.5 Å². The summed E-state index contributed by atoms with van der Waals surface area (Å²) in [7, 11) is 0. The Bertz CT molecular complexity index is 692. The number of aliphatic imine (C=N–C) groups is 1. The Morgan fingerprint density at radius 3 is 2.67 bits per heavy atom. The first kappa shape index (κ1) is 13.6. The summed E-state index contributed by atoms with van der Waals surface area (Å²) in [5.74, 6) is -0.408. The van der Waals surface area contributed by atoms with Crippen molar-refractivity contribution in [2.45, 2.75) is 32.1 Å². The number of carbonyl (C=O) groups excluding carboxylic acids is 1. The molecule has 1 N–H and O–H groups in total. The lowest BCUT2D eigenvalue weighted by Crippen LogP contribution is -2.30. The Hall–Kier alpha value is -2.41. The van der Waals surface area contributed by atoms with E-state index in [-0.39, 0.29) is 17.5 Å². The number of allylic oxidation sites excluding steroid dienone is 2. The van der Waals surface area contributed by atoms with Gasteiger partial charge in [-0.1, -0.05) is 12.1 Å². The van der Waals surface area contributed by atoms with Crippen molar-refractivity contribution in [1.82, 2.24) is 0 Å². The molecule has 0 saturated carbocycles. The summed E-state index contributed by atoms with van der Waals surface area (Å²) in [4.78, 5) is 16.9. The third-order valence-corrected chi connectivity index (χ3v) is 4.23. The smallest absolute Gasteiger partial charge is 0.161 e. The third kappa shape index (κ3) is 2.25. The molecule has 106 valence electrons. The summed E-state index contributed by atoms with van der Waals surface area (Å²) in [6, 6.07) is 9.06. The molecule has 2 atom stereocenters. The van der Waals surface area contributed by atoms with Crippen molar-refractivity contribution >= 4 is 11.5 Å². The van der Waals surface area contributed by atoms with Crippen LogP contribution in [0.5, 0.6) is 5.75 Å². The molecule has 1 aromatic rings. The number of Topliss-reactive ketones (excluding diaryl/α,β-unsaturated/α-hetero) is 1. The summed E-state index contributed by atoms with van der Waals surface area (Å²) in [5.41, 5.74) is 3.19. The Balaban J connectivity index is 2.16. The number of nitrogens with zero attached hydrogens (tertiary/aromatic N) is 2. The molecule has 0 amide bonds. The zero-order valence-electron chi connectivity index (χ0n) is 11.8. The van der Waals surface area contributed by atoms with Gasteiger partial charge >= 0.3 is 0 Å². The molecule has 0 saturated heterocycles. The van der Waals surface area contributed by atoms with E-state index in [0.717, 1.165) is 29.8 Å². The molecule has 0 radical (unpaired) electrons. The van der Waals surface area contributed by atoms with Crippen molar-refractivity contribution in [1.29, 1.82) is 5.26 Å². The summed E-state index contributed by atoms with van der Waals surface area (Å²) in [6.45, 7) is 1.85. The molecule has 0 aromatic heterocycles. The minimum atomic E-state index is -0.421. The van der Waals surface area contributed by atoms with Gasteiger partial charge in [0.05, 0.1) is 12.0 Å². The largest absolute Gasteiger partial charge is 0.508 e. The minimum absolute atomic E-state index is 0.103. The van der Waals surface area contributed by atoms with Crippen LogP contribution >= 0.6 is 0 Å². The van der Waals surface area contributed by atoms with Crippen molar-refractivity contribution in [3.05, 3.63) is 41.1 Å². The molecule has 4 nitrogen and oxygen atoms in total. The maximum Gasteiger partial charge on any atom is 0.161 e. The highest BCUT2D eigenvalue weighted by Crippen LogP contribution is 2.42. The lowest BCUT2D eigenvalue weighted by molar-refractivity contribution is -0.116. The first-order chi connectivity index (χ1) is 10.1. The molecule has 0 fully saturated rings. The van der Waals surface area contributed by atoms with E-state index in [1.54, 1.807) is 24.3 Å². The second kappa shape index (κ2) is 5.17. The Kier molecular flexibility index (Phi) is 3.34. The fraction of sp³-hybridized carbons (Fsp3) is 0.353. The third-order valence-electron chi connectivity index (χ3n) is 4.23. The fourth-order valence-electron chi connectivity index (χ4n) is 3.21. The number of phenolic OH excluding ortho intramolecular Hbond substituents is 1. The molecule has 0 bridgehead atoms. The molecule has 1 aliphatic carbocycles. The average Bonchev–Trinajstić information content (AvgIpc) is 2.47. The lowest BCUT2D eigenvalue weighted by atomic mass is 9.72. The van der Waals surface area contributed by atoms with Crippen LogP contribution in [0.25, 0.3) is 0 Å². The van der Waals surface area contributed by atoms with Gasteiger partial charge in [0.2, 0.25) is 0 Å². The number of hydrogen-bond donors (Lipinski definition) is 1. The number of hydrogen-bond acceptors (Lipinski definition) is 4. The predicted molar refractivity (Wildman–Crippen MR) is 78.9 cm³/mol. The lowest BCUT2D eigenvalue weighted by Gasteiger charge is -2.32. The van der Waals surface area contributed by atoms with E-state index in [1.165, 1.54) is 0 Å². The van der Waals surface area contributed by atoms with Gasteiger partial charge in [0.25, 0.3) is 0 Å². The van der Waals surface area contributed by atoms with Crippen LogP contribution in [0.2, 0.25) is 0 Å². The Morgan fingerprint density at radius 2 is 2.00 bits per heavy atom. The van der Waals surface area contributed by atoms with Crippen molar-refractivity contribution < 1.29 is 9.90 Å². The van der Waals surface area contributed by atoms with E-state index < -0.39 is 5.92 Å². The van der Waals surface area contributed by atoms with Crippen molar-refractivity contribution in [3.8, 4) is 11.8 Å². The molecular formula is C17H16N2O2. The van der Waals surface area contributed by atoms with E-state index in [1.807, 2.05) is 6.92 Å². The van der Waals surface area contributed by atoms with Gasteiger partial charge in [-0.25, -0.2) is 0 Å². The Morgan fingerprint density at radius 1 is 1.29 bits per heavy atom. The van der Waals surface area contributed by atoms with E-state index in [4.69, 9.17) is 0 Å². The van der Waals surface area contributed by atoms with Crippen LogP contribution in [-0.2, 0) is 4.79 Å². The number of rotatable bonds is 1. The predicted octanol–water partition coefficient (Wildman–Crippen LogP) is 3.10. The van der Waals surface area contributed by atoms with E-state index in [0.29, 0.717) is 12.0 Å². The second-order valence-corrected chi connectivity index (χ2v) is 5.57. The van der Waals surface area contributed by atoms with Gasteiger partial charge in [-0.15, -0.1) is 0 Å². The highest BCUT2D eigenvalue weighted by atomic mass is 16.3. The number of aromatic hydroxyl groups is 1. The standard InChI is InChI=1S/C17H16N2O2/c1-10-13(9-18)16(11-5-7-12(20)8-6-11)17-14(19-10)3-2-4-15(17)21/h5-8,13,16,20H,2-4H2,1H3/t13?,16-/m0/s1. The number of phenols is 1. The molecule has 1 aromatic carbocycles. The molecule has 3 rings (SSSR count). The van der Waals surface area contributed by atoms with Gasteiger partial charge in [-0.2, -0.15) is 5.26 Å². The molecule has 1 heterocycles. The topological polar surface area (TPSA) is 73.4 Å². The van der Waals surface area contributed by atoms with Gasteiger partial charge in [-0.3, -0.25) is 9.79 Å². The monoisotopic (exact) mass is 280 g/mol. The van der Waals surface area contributed by atoms with Crippen molar-refractivity contribution in [2.24, 2.45) is 10.9 Å². The summed E-state index contributed by atoms with van der Waals surface area (Å²) < 4.78 is 0. The number of carbonyl (C=O) groups is 1. The SMILES string of the molecule is CC1=NC2=C(C(=O)CCC2)[C@@H](c2ccc(O)cc2)C1C#N. The average molecular weight is 280 g/mol. The van der Waals surface area contributed by atoms with Crippen LogP contribution in [0.15, 0.2) is 40.5 Å². The first-order valence-corrected chi connectivity index (χ1v) is 7.12.